The van der Waals surface area contributed by atoms with Crippen LogP contribution in [0, 0.1) is 0 Å². The van der Waals surface area contributed by atoms with E-state index in [2.05, 4.69) is 0 Å². The summed E-state index contributed by atoms with van der Waals surface area (Å²) in [5.41, 5.74) is 0. The molecule has 0 aromatic heterocycles. The van der Waals surface area contributed by atoms with Crippen LogP contribution in [0.3, 0.4) is 0 Å². The zero-order valence-electron chi connectivity index (χ0n) is 4.97. The molecular weight excluding hydrogens is 254 g/mol. The van der Waals surface area contributed by atoms with Crippen LogP contribution in [-0.2, 0) is 0 Å². The molecule has 0 radical (unpaired) electrons. The first kappa shape index (κ1) is 9.68. The number of halogens is 4. The maximum atomic E-state index is 9.14. The van der Waals surface area contributed by atoms with Crippen LogP contribution in [0.1, 0.15) is 0 Å². The molecule has 0 spiro atoms. The highest BCUT2D eigenvalue weighted by Gasteiger charge is 2.60. The van der Waals surface area contributed by atoms with E-state index in [1.54, 1.807) is 0 Å². The Morgan fingerprint density at radius 1 is 1.09 bits per heavy atom. The van der Waals surface area contributed by atoms with Crippen molar-refractivity contribution in [2.24, 2.45) is 0 Å². The van der Waals surface area contributed by atoms with E-state index in [1.165, 1.54) is 0 Å². The molecule has 0 bridgehead atoms. The fraction of sp³-hybridized carbons (Fsp3) is 0. The molecule has 0 atom stereocenters. The lowest BCUT2D eigenvalue weighted by molar-refractivity contribution is 0.368. The smallest absolute Gasteiger partial charge is 0.212 e. The fourth-order valence-corrected chi connectivity index (χ4v) is 3.16. The summed E-state index contributed by atoms with van der Waals surface area (Å²) in [6, 6.07) is 0. The van der Waals surface area contributed by atoms with E-state index < -0.39 is 16.0 Å². The second kappa shape index (κ2) is 1.75. The van der Waals surface area contributed by atoms with E-state index in [0.717, 1.165) is 11.5 Å². The first-order valence-corrected chi connectivity index (χ1v) is 8.19. The van der Waals surface area contributed by atoms with Crippen molar-refractivity contribution in [3.05, 3.63) is 22.3 Å². The van der Waals surface area contributed by atoms with Gasteiger partial charge in [-0.3, -0.25) is 0 Å². The minimum atomic E-state index is -4.71. The predicted molar refractivity (Wildman–Crippen MR) is 52.4 cm³/mol. The molecule has 0 aromatic carbocycles. The fourth-order valence-electron chi connectivity index (χ4n) is 0.556. The lowest BCUT2D eigenvalue weighted by atomic mass is 10.5. The van der Waals surface area contributed by atoms with Crippen LogP contribution in [0.15, 0.2) is 22.3 Å². The van der Waals surface area contributed by atoms with Crippen molar-refractivity contribution in [2.75, 3.05) is 0 Å². The maximum absolute atomic E-state index is 9.14. The maximum Gasteiger partial charge on any atom is 0.212 e. The number of allylic oxidation sites excluding steroid dienone is 1. The van der Waals surface area contributed by atoms with Crippen LogP contribution in [0.25, 0.3) is 0 Å². The predicted octanol–water partition coefficient (Wildman–Crippen LogP) is 4.29. The van der Waals surface area contributed by atoms with Crippen LogP contribution in [-0.4, -0.2) is 10.2 Å². The monoisotopic (exact) mass is 256 g/mol. The summed E-state index contributed by atoms with van der Waals surface area (Å²) in [5.74, 6) is -0.512. The Labute approximate surface area is 80.3 Å². The highest BCUT2D eigenvalue weighted by atomic mass is 36.4. The van der Waals surface area contributed by atoms with Crippen LogP contribution in [0.5, 0.6) is 0 Å². The average Bonchev–Trinajstić information content (AvgIpc) is 1.91. The van der Waals surface area contributed by atoms with Crippen molar-refractivity contribution >= 4 is 47.9 Å². The summed E-state index contributed by atoms with van der Waals surface area (Å²) >= 11 is 0. The lowest BCUT2D eigenvalue weighted by Crippen LogP contribution is -2.04. The number of aliphatic hydroxyl groups is 2. The van der Waals surface area contributed by atoms with Crippen molar-refractivity contribution in [3.63, 3.8) is 0 Å². The zero-order valence-corrected chi connectivity index (χ0v) is 8.81. The number of hydrogen-bond donors (Lipinski definition) is 2. The largest absolute Gasteiger partial charge is 0.504 e. The second-order valence-electron chi connectivity index (χ2n) is 2.13. The van der Waals surface area contributed by atoms with Crippen LogP contribution >= 0.6 is 47.9 Å². The summed E-state index contributed by atoms with van der Waals surface area (Å²) in [7, 11) is 22.3. The van der Waals surface area contributed by atoms with Gasteiger partial charge in [0.25, 0.3) is 0 Å². The molecule has 0 aromatic rings. The number of rotatable bonds is 0. The Morgan fingerprint density at radius 2 is 1.55 bits per heavy atom. The Kier molecular flexibility index (Phi) is 1.54. The van der Waals surface area contributed by atoms with E-state index in [1.807, 2.05) is 0 Å². The van der Waals surface area contributed by atoms with Crippen LogP contribution < -0.4 is 0 Å². The van der Waals surface area contributed by atoms with Gasteiger partial charge in [-0.15, -0.1) is 0 Å². The van der Waals surface area contributed by atoms with Gasteiger partial charge in [0.15, 0.2) is 5.76 Å². The van der Waals surface area contributed by atoms with Gasteiger partial charge in [-0.25, -0.2) is 0 Å². The molecule has 1 rings (SSSR count). The molecule has 11 heavy (non-hydrogen) atoms. The second-order valence-corrected chi connectivity index (χ2v) is 17.4. The zero-order chi connectivity index (χ0) is 8.98. The molecule has 0 unspecified atom stereocenters. The summed E-state index contributed by atoms with van der Waals surface area (Å²) in [5, 5.41) is 13.5. The third kappa shape index (κ3) is 1.53. The van der Waals surface area contributed by atoms with Gasteiger partial charge in [0.1, 0.15) is 0 Å². The summed E-state index contributed by atoms with van der Waals surface area (Å²) < 4.78 is 0. The van der Waals surface area contributed by atoms with Crippen LogP contribution in [0.2, 0.25) is 0 Å². The summed E-state index contributed by atoms with van der Waals surface area (Å²) in [6.07, 6.45) is 1.05. The van der Waals surface area contributed by atoms with Gasteiger partial charge in [0, 0.05) is 5.15 Å². The molecule has 2 nitrogen and oxygen atoms in total. The minimum Gasteiger partial charge on any atom is -0.504 e. The molecule has 66 valence electrons. The van der Waals surface area contributed by atoms with E-state index in [9.17, 15) is 0 Å². The Morgan fingerprint density at radius 3 is 1.64 bits per heavy atom. The topological polar surface area (TPSA) is 40.5 Å². The van der Waals surface area contributed by atoms with E-state index in [4.69, 9.17) is 52.9 Å². The molecule has 1 heterocycles. The third-order valence-corrected chi connectivity index (χ3v) is 5.81. The van der Waals surface area contributed by atoms with Crippen molar-refractivity contribution in [2.45, 2.75) is 0 Å². The Hall–Kier alpha value is 0.590. The highest BCUT2D eigenvalue weighted by Crippen LogP contribution is 3.11. The summed E-state index contributed by atoms with van der Waals surface area (Å²) in [6.45, 7) is 0. The molecule has 7 heteroatoms. The van der Waals surface area contributed by atoms with Gasteiger partial charge in [0.05, 0.1) is 0 Å². The first-order chi connectivity index (χ1) is 4.55. The Bertz CT molecular complexity index is 284. The van der Waals surface area contributed by atoms with Gasteiger partial charge in [-0.1, -0.05) is 0 Å². The van der Waals surface area contributed by atoms with E-state index in [-0.39, 0.29) is 0 Å². The molecule has 0 aliphatic carbocycles. The van der Waals surface area contributed by atoms with Crippen molar-refractivity contribution in [1.82, 2.24) is 0 Å². The summed E-state index contributed by atoms with van der Waals surface area (Å²) in [4.78, 5) is 0. The number of hydrogen-bond acceptors (Lipinski definition) is 2. The van der Waals surface area contributed by atoms with E-state index >= 15 is 0 Å². The SMILES string of the molecule is OC1=C(O)S(Cl)(Cl)(Cl)(Cl)C=C1. The molecule has 0 saturated carbocycles. The molecule has 0 fully saturated rings. The molecule has 2 N–H and O–H groups in total. The quantitative estimate of drug-likeness (QED) is 0.680. The number of aliphatic hydroxyl groups excluding tert-OH is 2. The molecule has 0 amide bonds. The van der Waals surface area contributed by atoms with Crippen molar-refractivity contribution in [3.8, 4) is 0 Å². The van der Waals surface area contributed by atoms with Crippen molar-refractivity contribution < 1.29 is 10.2 Å². The van der Waals surface area contributed by atoms with Gasteiger partial charge in [0.2, 0.25) is 5.09 Å². The van der Waals surface area contributed by atoms with Gasteiger partial charge in [-0.05, 0) is 54.2 Å². The Balaban J connectivity index is 3.47. The highest BCUT2D eigenvalue weighted by molar-refractivity contribution is 9.17. The standard InChI is InChI=1S/C4H4Cl4O2S/c5-11(6,7,8)2-1-3(9)4(11)10/h1-2,9-10H. The van der Waals surface area contributed by atoms with Gasteiger partial charge in [-0.2, -0.15) is 0 Å². The third-order valence-electron chi connectivity index (χ3n) is 1.12. The molecule has 1 aliphatic heterocycles. The van der Waals surface area contributed by atoms with Gasteiger partial charge >= 0.3 is 0 Å². The first-order valence-electron chi connectivity index (χ1n) is 2.38. The lowest BCUT2D eigenvalue weighted by Gasteiger charge is -2.50. The minimum absolute atomic E-state index is 0.512. The van der Waals surface area contributed by atoms with Crippen LogP contribution in [0.4, 0.5) is 0 Å². The molecule has 0 saturated heterocycles. The molecule has 1 aliphatic rings. The average molecular weight is 258 g/mol. The normalized spacial score (nSPS) is 37.1. The molecular formula is C4H4Cl4O2S. The van der Waals surface area contributed by atoms with Gasteiger partial charge < -0.3 is 10.2 Å². The van der Waals surface area contributed by atoms with E-state index in [0.29, 0.717) is 0 Å². The van der Waals surface area contributed by atoms with Crippen molar-refractivity contribution in [1.29, 1.82) is 0 Å².